The number of hydrogen-bond acceptors (Lipinski definition) is 4. The number of benzene rings is 1. The molecule has 4 heteroatoms. The first-order valence-corrected chi connectivity index (χ1v) is 5.24. The second-order valence-corrected chi connectivity index (χ2v) is 3.51. The number of aryl methyl sites for hydroxylation is 1. The summed E-state index contributed by atoms with van der Waals surface area (Å²) in [6, 6.07) is 5.44. The molecule has 0 radical (unpaired) electrons. The zero-order chi connectivity index (χ0) is 12.8. The summed E-state index contributed by atoms with van der Waals surface area (Å²) in [6.45, 7) is 1.91. The van der Waals surface area contributed by atoms with Gasteiger partial charge in [-0.15, -0.1) is 0 Å². The van der Waals surface area contributed by atoms with E-state index in [1.807, 2.05) is 13.0 Å². The topological polar surface area (TPSA) is 67.2 Å². The van der Waals surface area contributed by atoms with Crippen LogP contribution >= 0.6 is 0 Å². The Hall–Kier alpha value is -2.15. The highest BCUT2D eigenvalue weighted by atomic mass is 16.5. The van der Waals surface area contributed by atoms with Crippen LogP contribution in [0, 0.1) is 11.3 Å². The van der Waals surface area contributed by atoms with Crippen LogP contribution in [0.5, 0.6) is 0 Å². The summed E-state index contributed by atoms with van der Waals surface area (Å²) in [7, 11) is 1.29. The van der Waals surface area contributed by atoms with Gasteiger partial charge < -0.3 is 4.74 Å². The number of carbonyl (C=O) groups excluding carboxylic acids is 2. The predicted octanol–water partition coefficient (Wildman–Crippen LogP) is 1.65. The van der Waals surface area contributed by atoms with Crippen molar-refractivity contribution in [3.8, 4) is 6.07 Å². The molecule has 0 atom stereocenters. The highest BCUT2D eigenvalue weighted by Gasteiger charge is 2.14. The zero-order valence-electron chi connectivity index (χ0n) is 9.82. The van der Waals surface area contributed by atoms with Crippen LogP contribution < -0.4 is 0 Å². The molecule has 0 spiro atoms. The minimum absolute atomic E-state index is 0.00419. The molecule has 0 unspecified atom stereocenters. The van der Waals surface area contributed by atoms with Gasteiger partial charge in [-0.25, -0.2) is 0 Å². The Morgan fingerprint density at radius 3 is 2.59 bits per heavy atom. The third-order valence-electron chi connectivity index (χ3n) is 2.60. The van der Waals surface area contributed by atoms with Crippen LogP contribution in [-0.2, 0) is 22.4 Å². The summed E-state index contributed by atoms with van der Waals surface area (Å²) < 4.78 is 4.55. The molecule has 17 heavy (non-hydrogen) atoms. The highest BCUT2D eigenvalue weighted by Crippen LogP contribution is 2.18. The van der Waals surface area contributed by atoms with Gasteiger partial charge in [0.05, 0.1) is 19.1 Å². The fourth-order valence-corrected chi connectivity index (χ4v) is 1.66. The van der Waals surface area contributed by atoms with Crippen molar-refractivity contribution in [2.24, 2.45) is 0 Å². The van der Waals surface area contributed by atoms with Crippen LogP contribution in [0.3, 0.4) is 0 Å². The normalized spacial score (nSPS) is 9.47. The number of rotatable bonds is 4. The predicted molar refractivity (Wildman–Crippen MR) is 61.6 cm³/mol. The minimum atomic E-state index is -0.428. The Labute approximate surface area is 99.8 Å². The molecule has 0 saturated heterocycles. The van der Waals surface area contributed by atoms with Crippen LogP contribution in [0.1, 0.15) is 34.0 Å². The molecule has 0 fully saturated rings. The summed E-state index contributed by atoms with van der Waals surface area (Å²) in [6.07, 6.45) is 1.34. The number of hydrogen-bond donors (Lipinski definition) is 0. The lowest BCUT2D eigenvalue weighted by Gasteiger charge is -2.08. The summed E-state index contributed by atoms with van der Waals surface area (Å²) in [5.41, 5.74) is 1.98. The Balaban J connectivity index is 3.29. The zero-order valence-corrected chi connectivity index (χ0v) is 9.82. The summed E-state index contributed by atoms with van der Waals surface area (Å²) >= 11 is 0. The molecule has 0 saturated carbocycles. The number of carbonyl (C=O) groups is 2. The van der Waals surface area contributed by atoms with E-state index in [-0.39, 0.29) is 12.0 Å². The molecule has 1 aromatic rings. The van der Waals surface area contributed by atoms with Gasteiger partial charge in [-0.2, -0.15) is 5.26 Å². The third kappa shape index (κ3) is 2.70. The standard InChI is InChI=1S/C13H13NO3/c1-3-9-4-5-10(6-13(16)17-2)11(7-14)12(9)8-15/h4-5,8H,3,6H2,1-2H3. The first kappa shape index (κ1) is 12.9. The number of nitrogens with zero attached hydrogens (tertiary/aromatic N) is 1. The van der Waals surface area contributed by atoms with E-state index in [2.05, 4.69) is 4.74 Å². The lowest BCUT2D eigenvalue weighted by atomic mass is 9.94. The number of aldehydes is 1. The van der Waals surface area contributed by atoms with E-state index in [9.17, 15) is 9.59 Å². The molecule has 0 aliphatic rings. The van der Waals surface area contributed by atoms with Gasteiger partial charge in [0.1, 0.15) is 6.07 Å². The van der Waals surface area contributed by atoms with Crippen molar-refractivity contribution in [2.45, 2.75) is 19.8 Å². The van der Waals surface area contributed by atoms with Crippen LogP contribution in [0.25, 0.3) is 0 Å². The number of methoxy groups -OCH3 is 1. The molecule has 0 bridgehead atoms. The van der Waals surface area contributed by atoms with E-state index in [0.717, 1.165) is 5.56 Å². The number of esters is 1. The average Bonchev–Trinajstić information content (AvgIpc) is 2.37. The average molecular weight is 231 g/mol. The molecule has 0 amide bonds. The second-order valence-electron chi connectivity index (χ2n) is 3.51. The molecule has 1 aromatic carbocycles. The Morgan fingerprint density at radius 2 is 2.12 bits per heavy atom. The van der Waals surface area contributed by atoms with Gasteiger partial charge in [0.2, 0.25) is 0 Å². The van der Waals surface area contributed by atoms with Gasteiger partial charge in [0.15, 0.2) is 6.29 Å². The maximum Gasteiger partial charge on any atom is 0.310 e. The Kier molecular flexibility index (Phi) is 4.41. The van der Waals surface area contributed by atoms with E-state index in [0.29, 0.717) is 23.8 Å². The fourth-order valence-electron chi connectivity index (χ4n) is 1.66. The largest absolute Gasteiger partial charge is 0.469 e. The van der Waals surface area contributed by atoms with Gasteiger partial charge in [-0.05, 0) is 17.5 Å². The third-order valence-corrected chi connectivity index (χ3v) is 2.60. The monoisotopic (exact) mass is 231 g/mol. The molecule has 1 rings (SSSR count). The lowest BCUT2D eigenvalue weighted by molar-refractivity contribution is -0.139. The smallest absolute Gasteiger partial charge is 0.310 e. The van der Waals surface area contributed by atoms with Gasteiger partial charge >= 0.3 is 5.97 Å². The van der Waals surface area contributed by atoms with E-state index in [4.69, 9.17) is 5.26 Å². The van der Waals surface area contributed by atoms with Crippen molar-refractivity contribution >= 4 is 12.3 Å². The molecule has 0 aliphatic carbocycles. The lowest BCUT2D eigenvalue weighted by Crippen LogP contribution is -2.08. The minimum Gasteiger partial charge on any atom is -0.469 e. The van der Waals surface area contributed by atoms with Crippen LogP contribution in [0.15, 0.2) is 12.1 Å². The molecule has 88 valence electrons. The Bertz CT molecular complexity index is 486. The van der Waals surface area contributed by atoms with Gasteiger partial charge in [-0.1, -0.05) is 19.1 Å². The van der Waals surface area contributed by atoms with Crippen molar-refractivity contribution in [3.63, 3.8) is 0 Å². The van der Waals surface area contributed by atoms with Crippen LogP contribution in [0.4, 0.5) is 0 Å². The molecule has 0 aromatic heterocycles. The van der Waals surface area contributed by atoms with Crippen molar-refractivity contribution in [3.05, 3.63) is 34.4 Å². The van der Waals surface area contributed by atoms with Gasteiger partial charge in [0.25, 0.3) is 0 Å². The van der Waals surface area contributed by atoms with E-state index >= 15 is 0 Å². The second kappa shape index (κ2) is 5.80. The van der Waals surface area contributed by atoms with Gasteiger partial charge in [0, 0.05) is 5.56 Å². The van der Waals surface area contributed by atoms with Crippen molar-refractivity contribution in [2.75, 3.05) is 7.11 Å². The quantitative estimate of drug-likeness (QED) is 0.583. The summed E-state index contributed by atoms with van der Waals surface area (Å²) in [4.78, 5) is 22.2. The van der Waals surface area contributed by atoms with E-state index in [1.54, 1.807) is 12.1 Å². The fraction of sp³-hybridized carbons (Fsp3) is 0.308. The molecule has 0 aliphatic heterocycles. The van der Waals surface area contributed by atoms with Crippen molar-refractivity contribution in [1.29, 1.82) is 5.26 Å². The molecular formula is C13H13NO3. The molecule has 0 N–H and O–H groups in total. The van der Waals surface area contributed by atoms with Crippen LogP contribution in [0.2, 0.25) is 0 Å². The Morgan fingerprint density at radius 1 is 1.47 bits per heavy atom. The van der Waals surface area contributed by atoms with Crippen molar-refractivity contribution < 1.29 is 14.3 Å². The summed E-state index contributed by atoms with van der Waals surface area (Å²) in [5, 5.41) is 9.07. The SMILES string of the molecule is CCc1ccc(CC(=O)OC)c(C#N)c1C=O. The molecule has 0 heterocycles. The molecular weight excluding hydrogens is 218 g/mol. The number of nitriles is 1. The van der Waals surface area contributed by atoms with Gasteiger partial charge in [-0.3, -0.25) is 9.59 Å². The summed E-state index contributed by atoms with van der Waals surface area (Å²) in [5.74, 6) is -0.428. The maximum atomic E-state index is 11.2. The first-order valence-electron chi connectivity index (χ1n) is 5.24. The van der Waals surface area contributed by atoms with Crippen LogP contribution in [-0.4, -0.2) is 19.4 Å². The van der Waals surface area contributed by atoms with E-state index in [1.165, 1.54) is 7.11 Å². The molecule has 4 nitrogen and oxygen atoms in total. The first-order chi connectivity index (χ1) is 8.17. The maximum absolute atomic E-state index is 11.2. The highest BCUT2D eigenvalue weighted by molar-refractivity contribution is 5.84. The number of ether oxygens (including phenoxy) is 1. The van der Waals surface area contributed by atoms with E-state index < -0.39 is 5.97 Å². The van der Waals surface area contributed by atoms with Crippen molar-refractivity contribution in [1.82, 2.24) is 0 Å².